The summed E-state index contributed by atoms with van der Waals surface area (Å²) in [7, 11) is 1.69. The number of guanidine groups is 1. The molecule has 2 aliphatic heterocycles. The summed E-state index contributed by atoms with van der Waals surface area (Å²) in [6, 6.07) is 8.43. The van der Waals surface area contributed by atoms with Gasteiger partial charge >= 0.3 is 0 Å². The summed E-state index contributed by atoms with van der Waals surface area (Å²) in [5, 5.41) is 6.97. The van der Waals surface area contributed by atoms with Crippen molar-refractivity contribution < 1.29 is 14.2 Å². The average Bonchev–Trinajstić information content (AvgIpc) is 3.28. The van der Waals surface area contributed by atoms with Crippen molar-refractivity contribution in [2.45, 2.75) is 38.8 Å². The van der Waals surface area contributed by atoms with Crippen molar-refractivity contribution in [3.63, 3.8) is 0 Å². The second-order valence-electron chi connectivity index (χ2n) is 8.07. The third kappa shape index (κ3) is 7.45. The quantitative estimate of drug-likeness (QED) is 0.345. The number of nitrogens with one attached hydrogen (secondary N) is 2. The monoisotopic (exact) mass is 418 g/mol. The first-order valence-corrected chi connectivity index (χ1v) is 11.3. The Kier molecular flexibility index (Phi) is 9.73. The molecule has 0 aliphatic carbocycles. The van der Waals surface area contributed by atoms with E-state index in [2.05, 4.69) is 22.5 Å². The van der Waals surface area contributed by atoms with Crippen molar-refractivity contribution >= 4 is 5.96 Å². The zero-order chi connectivity index (χ0) is 21.0. The van der Waals surface area contributed by atoms with Gasteiger partial charge in [-0.3, -0.25) is 4.99 Å². The summed E-state index contributed by atoms with van der Waals surface area (Å²) in [5.74, 6) is 2.48. The molecule has 0 saturated carbocycles. The number of aliphatic imine (C=N–C) groups is 1. The highest BCUT2D eigenvalue weighted by atomic mass is 16.5. The van der Waals surface area contributed by atoms with Gasteiger partial charge in [0.05, 0.1) is 33.5 Å². The van der Waals surface area contributed by atoms with Crippen LogP contribution in [-0.2, 0) is 16.1 Å². The lowest BCUT2D eigenvalue weighted by molar-refractivity contribution is 0.126. The third-order valence-corrected chi connectivity index (χ3v) is 5.77. The summed E-state index contributed by atoms with van der Waals surface area (Å²) in [6.45, 7) is 10.1. The Morgan fingerprint density at radius 1 is 1.23 bits per heavy atom. The van der Waals surface area contributed by atoms with Crippen LogP contribution in [0.5, 0.6) is 5.75 Å². The fourth-order valence-corrected chi connectivity index (χ4v) is 4.09. The van der Waals surface area contributed by atoms with E-state index in [0.29, 0.717) is 25.8 Å². The van der Waals surface area contributed by atoms with Crippen LogP contribution in [0, 0.1) is 5.92 Å². The van der Waals surface area contributed by atoms with Crippen molar-refractivity contribution in [3.05, 3.63) is 29.8 Å². The van der Waals surface area contributed by atoms with Crippen LogP contribution in [0.25, 0.3) is 0 Å². The molecule has 0 amide bonds. The molecule has 2 saturated heterocycles. The Morgan fingerprint density at radius 3 is 2.80 bits per heavy atom. The van der Waals surface area contributed by atoms with Crippen LogP contribution in [0.15, 0.2) is 29.3 Å². The number of hydrogen-bond donors (Lipinski definition) is 2. The van der Waals surface area contributed by atoms with Gasteiger partial charge in [-0.05, 0) is 38.2 Å². The lowest BCUT2D eigenvalue weighted by Gasteiger charge is -2.34. The second kappa shape index (κ2) is 12.8. The smallest absolute Gasteiger partial charge is 0.191 e. The number of piperidine rings is 1. The maximum atomic E-state index is 5.80. The lowest BCUT2D eigenvalue weighted by Crippen LogP contribution is -2.49. The van der Waals surface area contributed by atoms with Crippen molar-refractivity contribution in [1.29, 1.82) is 0 Å². The van der Waals surface area contributed by atoms with E-state index in [1.54, 1.807) is 7.11 Å². The molecule has 3 rings (SSSR count). The maximum absolute atomic E-state index is 5.80. The van der Waals surface area contributed by atoms with Gasteiger partial charge in [0, 0.05) is 44.4 Å². The molecule has 0 aromatic heterocycles. The van der Waals surface area contributed by atoms with E-state index < -0.39 is 0 Å². The van der Waals surface area contributed by atoms with E-state index in [1.807, 2.05) is 24.3 Å². The summed E-state index contributed by atoms with van der Waals surface area (Å²) in [6.07, 6.45) is 3.53. The molecule has 1 atom stereocenters. The Balaban J connectivity index is 1.36. The number of rotatable bonds is 10. The zero-order valence-electron chi connectivity index (χ0n) is 18.6. The second-order valence-corrected chi connectivity index (χ2v) is 8.07. The molecule has 0 bridgehead atoms. The number of methoxy groups -OCH3 is 1. The predicted octanol–water partition coefficient (Wildman–Crippen LogP) is 2.27. The molecule has 1 aromatic rings. The third-order valence-electron chi connectivity index (χ3n) is 5.77. The molecule has 1 aromatic carbocycles. The first-order valence-electron chi connectivity index (χ1n) is 11.3. The van der Waals surface area contributed by atoms with Gasteiger partial charge in [-0.25, -0.2) is 0 Å². The Bertz CT molecular complexity index is 641. The number of para-hydroxylation sites is 1. The van der Waals surface area contributed by atoms with Crippen LogP contribution in [0.1, 0.15) is 31.7 Å². The minimum absolute atomic E-state index is 0.480. The lowest BCUT2D eigenvalue weighted by atomic mass is 10.0. The van der Waals surface area contributed by atoms with E-state index in [-0.39, 0.29) is 0 Å². The minimum atomic E-state index is 0.480. The molecular formula is C23H38N4O3. The van der Waals surface area contributed by atoms with E-state index in [1.165, 1.54) is 13.0 Å². The largest absolute Gasteiger partial charge is 0.496 e. The molecule has 0 radical (unpaired) electrons. The number of nitrogens with zero attached hydrogens (tertiary/aromatic N) is 2. The predicted molar refractivity (Wildman–Crippen MR) is 120 cm³/mol. The van der Waals surface area contributed by atoms with Crippen LogP contribution >= 0.6 is 0 Å². The first kappa shape index (κ1) is 22.8. The van der Waals surface area contributed by atoms with Gasteiger partial charge in [-0.1, -0.05) is 18.2 Å². The number of ether oxygens (including phenoxy) is 3. The molecular weight excluding hydrogens is 380 g/mol. The first-order chi connectivity index (χ1) is 14.8. The van der Waals surface area contributed by atoms with Gasteiger partial charge in [-0.2, -0.15) is 0 Å². The molecule has 30 heavy (non-hydrogen) atoms. The Hall–Kier alpha value is -1.83. The van der Waals surface area contributed by atoms with E-state index >= 15 is 0 Å². The van der Waals surface area contributed by atoms with Crippen molar-refractivity contribution in [2.24, 2.45) is 10.9 Å². The van der Waals surface area contributed by atoms with E-state index in [4.69, 9.17) is 19.2 Å². The summed E-state index contributed by atoms with van der Waals surface area (Å²) >= 11 is 0. The van der Waals surface area contributed by atoms with E-state index in [9.17, 15) is 0 Å². The molecule has 2 aliphatic rings. The van der Waals surface area contributed by atoms with Crippen molar-refractivity contribution in [2.75, 3.05) is 59.7 Å². The minimum Gasteiger partial charge on any atom is -0.496 e. The van der Waals surface area contributed by atoms with Crippen LogP contribution in [0.3, 0.4) is 0 Å². The molecule has 0 spiro atoms. The van der Waals surface area contributed by atoms with Gasteiger partial charge in [0.25, 0.3) is 0 Å². The molecule has 7 heteroatoms. The molecule has 2 fully saturated rings. The SMILES string of the molecule is CCNC(=NCCOCc1ccccc1OC)NC1CCN(CC2CCOC2)CC1. The van der Waals surface area contributed by atoms with Crippen LogP contribution in [-0.4, -0.2) is 76.6 Å². The van der Waals surface area contributed by atoms with E-state index in [0.717, 1.165) is 68.9 Å². The fourth-order valence-electron chi connectivity index (χ4n) is 4.09. The van der Waals surface area contributed by atoms with Gasteiger partial charge < -0.3 is 29.7 Å². The maximum Gasteiger partial charge on any atom is 0.191 e. The summed E-state index contributed by atoms with van der Waals surface area (Å²) < 4.78 is 16.7. The highest BCUT2D eigenvalue weighted by molar-refractivity contribution is 5.80. The highest BCUT2D eigenvalue weighted by Crippen LogP contribution is 2.18. The number of hydrogen-bond acceptors (Lipinski definition) is 5. The molecule has 7 nitrogen and oxygen atoms in total. The molecule has 1 unspecified atom stereocenters. The Labute approximate surface area is 181 Å². The zero-order valence-corrected chi connectivity index (χ0v) is 18.6. The van der Waals surface area contributed by atoms with Gasteiger partial charge in [-0.15, -0.1) is 0 Å². The van der Waals surface area contributed by atoms with Gasteiger partial charge in [0.1, 0.15) is 5.75 Å². The average molecular weight is 419 g/mol. The van der Waals surface area contributed by atoms with Gasteiger partial charge in [0.15, 0.2) is 5.96 Å². The fraction of sp³-hybridized carbons (Fsp3) is 0.696. The number of likely N-dealkylation sites (tertiary alicyclic amines) is 1. The normalized spacial score (nSPS) is 21.0. The summed E-state index contributed by atoms with van der Waals surface area (Å²) in [5.41, 5.74) is 1.06. The van der Waals surface area contributed by atoms with Crippen LogP contribution in [0.4, 0.5) is 0 Å². The standard InChI is InChI=1S/C23H38N4O3/c1-3-24-23(25-11-15-30-18-20-6-4-5-7-22(20)28-2)26-21-8-12-27(13-9-21)16-19-10-14-29-17-19/h4-7,19,21H,3,8-18H2,1-2H3,(H2,24,25,26). The van der Waals surface area contributed by atoms with Gasteiger partial charge in [0.2, 0.25) is 0 Å². The number of benzene rings is 1. The van der Waals surface area contributed by atoms with Crippen LogP contribution in [0.2, 0.25) is 0 Å². The Morgan fingerprint density at radius 2 is 2.07 bits per heavy atom. The van der Waals surface area contributed by atoms with Crippen molar-refractivity contribution in [1.82, 2.24) is 15.5 Å². The highest BCUT2D eigenvalue weighted by Gasteiger charge is 2.24. The molecule has 2 N–H and O–H groups in total. The molecule has 2 heterocycles. The molecule has 168 valence electrons. The van der Waals surface area contributed by atoms with Crippen LogP contribution < -0.4 is 15.4 Å². The summed E-state index contributed by atoms with van der Waals surface area (Å²) in [4.78, 5) is 7.28. The topological polar surface area (TPSA) is 67.4 Å². The van der Waals surface area contributed by atoms with Crippen molar-refractivity contribution in [3.8, 4) is 5.75 Å².